The Balaban J connectivity index is 1.57. The average molecular weight is 549 g/mol. The van der Waals surface area contributed by atoms with Crippen LogP contribution in [0.5, 0.6) is 0 Å². The highest BCUT2D eigenvalue weighted by molar-refractivity contribution is 9.10. The fourth-order valence-corrected chi connectivity index (χ4v) is 7.80. The maximum Gasteiger partial charge on any atom is 0.267 e. The molecule has 0 N–H and O–H groups in total. The molecule has 6 nitrogen and oxygen atoms in total. The van der Waals surface area contributed by atoms with Crippen LogP contribution in [-0.2, 0) is 26.0 Å². The number of carbonyl (C=O) groups is 2. The number of hydrogen-bond acceptors (Lipinski definition) is 6. The molecule has 0 bridgehead atoms. The molecule has 2 saturated heterocycles. The van der Waals surface area contributed by atoms with Gasteiger partial charge in [0.25, 0.3) is 11.8 Å². The third kappa shape index (κ3) is 3.72. The Kier molecular flexibility index (Phi) is 5.51. The van der Waals surface area contributed by atoms with Gasteiger partial charge in [0.15, 0.2) is 9.84 Å². The predicted octanol–water partition coefficient (Wildman–Crippen LogP) is 3.75. The molecule has 32 heavy (non-hydrogen) atoms. The molecule has 0 aliphatic carbocycles. The minimum Gasteiger partial charge on any atom is -0.303 e. The van der Waals surface area contributed by atoms with Crippen LogP contribution in [-0.4, -0.2) is 47.0 Å². The first-order chi connectivity index (χ1) is 15.2. The van der Waals surface area contributed by atoms with E-state index in [2.05, 4.69) is 15.9 Å². The molecule has 2 fully saturated rings. The molecule has 2 aromatic rings. The van der Waals surface area contributed by atoms with Crippen LogP contribution in [0.25, 0.3) is 5.57 Å². The second-order valence-electron chi connectivity index (χ2n) is 7.84. The molecule has 3 aliphatic rings. The molecule has 1 atom stereocenters. The molecule has 164 valence electrons. The molecule has 2 aromatic carbocycles. The quantitative estimate of drug-likeness (QED) is 0.429. The Morgan fingerprint density at radius 2 is 1.84 bits per heavy atom. The van der Waals surface area contributed by atoms with Gasteiger partial charge in [0.2, 0.25) is 0 Å². The van der Waals surface area contributed by atoms with Crippen LogP contribution >= 0.6 is 39.9 Å². The van der Waals surface area contributed by atoms with E-state index >= 15 is 0 Å². The molecule has 10 heteroatoms. The fraction of sp³-hybridized carbons (Fsp3) is 0.227. The highest BCUT2D eigenvalue weighted by Crippen LogP contribution is 2.46. The van der Waals surface area contributed by atoms with Crippen LogP contribution in [0, 0.1) is 0 Å². The number of benzene rings is 2. The van der Waals surface area contributed by atoms with Crippen LogP contribution < -0.4 is 4.90 Å². The Bertz CT molecular complexity index is 1310. The van der Waals surface area contributed by atoms with Crippen LogP contribution in [0.1, 0.15) is 17.5 Å². The van der Waals surface area contributed by atoms with Gasteiger partial charge >= 0.3 is 0 Å². The minimum absolute atomic E-state index is 0.0419. The number of anilines is 1. The van der Waals surface area contributed by atoms with E-state index in [9.17, 15) is 18.0 Å². The molecule has 0 spiro atoms. The van der Waals surface area contributed by atoms with Crippen molar-refractivity contribution < 1.29 is 18.0 Å². The zero-order valence-electron chi connectivity index (χ0n) is 16.7. The van der Waals surface area contributed by atoms with E-state index in [0.29, 0.717) is 28.4 Å². The SMILES string of the molecule is O=C1/C(=C2\SC(=S)N([C@@H]3CCS(=O)(=O)C3)C2=O)c2cc(Br)ccc2N1Cc1ccccc1. The van der Waals surface area contributed by atoms with E-state index in [1.807, 2.05) is 48.5 Å². The van der Waals surface area contributed by atoms with Crippen LogP contribution in [0.4, 0.5) is 5.69 Å². The summed E-state index contributed by atoms with van der Waals surface area (Å²) in [5.41, 5.74) is 2.68. The normalized spacial score (nSPS) is 24.5. The lowest BCUT2D eigenvalue weighted by atomic mass is 10.1. The smallest absolute Gasteiger partial charge is 0.267 e. The van der Waals surface area contributed by atoms with Crippen molar-refractivity contribution >= 4 is 77.1 Å². The zero-order valence-corrected chi connectivity index (χ0v) is 20.7. The van der Waals surface area contributed by atoms with E-state index in [0.717, 1.165) is 27.5 Å². The van der Waals surface area contributed by atoms with Crippen molar-refractivity contribution in [3.63, 3.8) is 0 Å². The Morgan fingerprint density at radius 1 is 1.09 bits per heavy atom. The molecule has 0 radical (unpaired) electrons. The van der Waals surface area contributed by atoms with Crippen molar-refractivity contribution in [2.24, 2.45) is 0 Å². The van der Waals surface area contributed by atoms with E-state index in [4.69, 9.17) is 12.2 Å². The summed E-state index contributed by atoms with van der Waals surface area (Å²) < 4.78 is 25.0. The number of rotatable bonds is 3. The van der Waals surface area contributed by atoms with Crippen LogP contribution in [0.15, 0.2) is 57.9 Å². The van der Waals surface area contributed by atoms with Crippen molar-refractivity contribution in [2.45, 2.75) is 19.0 Å². The lowest BCUT2D eigenvalue weighted by Crippen LogP contribution is -2.39. The number of sulfone groups is 1. The number of thiocarbonyl (C=S) groups is 1. The third-order valence-corrected chi connectivity index (χ3v) is 9.41. The van der Waals surface area contributed by atoms with Crippen molar-refractivity contribution in [3.05, 3.63) is 69.0 Å². The summed E-state index contributed by atoms with van der Waals surface area (Å²) in [5.74, 6) is -0.710. The summed E-state index contributed by atoms with van der Waals surface area (Å²) in [6.45, 7) is 0.374. The summed E-state index contributed by atoms with van der Waals surface area (Å²) in [4.78, 5) is 30.3. The van der Waals surface area contributed by atoms with Gasteiger partial charge in [-0.05, 0) is 30.2 Å². The summed E-state index contributed by atoms with van der Waals surface area (Å²) in [6, 6.07) is 14.7. The van der Waals surface area contributed by atoms with Gasteiger partial charge in [-0.1, -0.05) is 70.2 Å². The second-order valence-corrected chi connectivity index (χ2v) is 12.6. The second kappa shape index (κ2) is 8.09. The third-order valence-electron chi connectivity index (χ3n) is 5.76. The minimum atomic E-state index is -3.18. The standard InChI is InChI=1S/C22H17BrN2O4S3/c23-14-6-7-17-16(10-14)18(20(26)24(17)11-13-4-2-1-3-5-13)19-21(27)25(22(30)31-19)15-8-9-32(28,29)12-15/h1-7,10,15H,8-9,11-12H2/b19-18-/t15-/m1/s1. The maximum absolute atomic E-state index is 13.6. The molecule has 3 aliphatic heterocycles. The Hall–Kier alpha value is -2.01. The molecule has 0 unspecified atom stereocenters. The summed E-state index contributed by atoms with van der Waals surface area (Å²) in [6.07, 6.45) is 0.355. The van der Waals surface area contributed by atoms with E-state index in [1.165, 1.54) is 4.90 Å². The number of fused-ring (bicyclic) bond motifs is 1. The summed E-state index contributed by atoms with van der Waals surface area (Å²) in [5, 5.41) is 0. The van der Waals surface area contributed by atoms with Crippen molar-refractivity contribution in [1.29, 1.82) is 0 Å². The number of halogens is 1. The monoisotopic (exact) mass is 548 g/mol. The summed E-state index contributed by atoms with van der Waals surface area (Å²) in [7, 11) is -3.18. The van der Waals surface area contributed by atoms with Gasteiger partial charge in [-0.2, -0.15) is 0 Å². The highest BCUT2D eigenvalue weighted by Gasteiger charge is 2.46. The Morgan fingerprint density at radius 3 is 2.53 bits per heavy atom. The molecule has 5 rings (SSSR count). The lowest BCUT2D eigenvalue weighted by Gasteiger charge is -2.21. The number of nitrogens with zero attached hydrogens (tertiary/aromatic N) is 2. The van der Waals surface area contributed by atoms with Gasteiger partial charge in [0.1, 0.15) is 4.32 Å². The van der Waals surface area contributed by atoms with E-state index < -0.39 is 21.8 Å². The first-order valence-corrected chi connectivity index (χ1v) is 13.7. The number of carbonyl (C=O) groups excluding carboxylic acids is 2. The summed E-state index contributed by atoms with van der Waals surface area (Å²) >= 11 is 9.99. The molecular weight excluding hydrogens is 532 g/mol. The molecular formula is C22H17BrN2O4S3. The molecule has 2 amide bonds. The lowest BCUT2D eigenvalue weighted by molar-refractivity contribution is -0.123. The van der Waals surface area contributed by atoms with E-state index in [1.54, 1.807) is 4.90 Å². The maximum atomic E-state index is 13.6. The predicted molar refractivity (Wildman–Crippen MR) is 133 cm³/mol. The average Bonchev–Trinajstić information content (AvgIpc) is 3.33. The van der Waals surface area contributed by atoms with Gasteiger partial charge in [0.05, 0.1) is 40.3 Å². The Labute approximate surface area is 203 Å². The number of hydrogen-bond donors (Lipinski definition) is 0. The van der Waals surface area contributed by atoms with Gasteiger partial charge in [-0.25, -0.2) is 8.42 Å². The van der Waals surface area contributed by atoms with Gasteiger partial charge in [-0.3, -0.25) is 14.5 Å². The van der Waals surface area contributed by atoms with Gasteiger partial charge < -0.3 is 4.90 Å². The van der Waals surface area contributed by atoms with E-state index in [-0.39, 0.29) is 22.3 Å². The highest BCUT2D eigenvalue weighted by atomic mass is 79.9. The number of amides is 2. The zero-order chi connectivity index (χ0) is 22.6. The largest absolute Gasteiger partial charge is 0.303 e. The molecule has 0 saturated carbocycles. The first-order valence-electron chi connectivity index (χ1n) is 9.91. The van der Waals surface area contributed by atoms with Crippen molar-refractivity contribution in [3.8, 4) is 0 Å². The molecule has 3 heterocycles. The number of thioether (sulfide) groups is 1. The fourth-order valence-electron chi connectivity index (χ4n) is 4.27. The van der Waals surface area contributed by atoms with Crippen LogP contribution in [0.3, 0.4) is 0 Å². The van der Waals surface area contributed by atoms with Crippen molar-refractivity contribution in [2.75, 3.05) is 16.4 Å². The van der Waals surface area contributed by atoms with Gasteiger partial charge in [-0.15, -0.1) is 0 Å². The van der Waals surface area contributed by atoms with Crippen molar-refractivity contribution in [1.82, 2.24) is 4.90 Å². The van der Waals surface area contributed by atoms with Crippen LogP contribution in [0.2, 0.25) is 0 Å². The first kappa shape index (κ1) is 21.8. The molecule has 0 aromatic heterocycles. The topological polar surface area (TPSA) is 74.8 Å². The van der Waals surface area contributed by atoms with Gasteiger partial charge in [0, 0.05) is 10.0 Å².